The van der Waals surface area contributed by atoms with Gasteiger partial charge in [0.2, 0.25) is 11.8 Å². The minimum atomic E-state index is -0.303. The molecule has 156 valence electrons. The largest absolute Gasteiger partial charge is 0.368 e. The van der Waals surface area contributed by atoms with Gasteiger partial charge < -0.3 is 19.4 Å². The second-order valence-electron chi connectivity index (χ2n) is 8.13. The third-order valence-corrected chi connectivity index (χ3v) is 6.19. The van der Waals surface area contributed by atoms with Crippen molar-refractivity contribution in [2.45, 2.75) is 31.8 Å². The van der Waals surface area contributed by atoms with Crippen molar-refractivity contribution in [3.63, 3.8) is 0 Å². The summed E-state index contributed by atoms with van der Waals surface area (Å²) in [6.45, 7) is 3.96. The molecule has 7 heteroatoms. The van der Waals surface area contributed by atoms with Crippen molar-refractivity contribution in [3.05, 3.63) is 35.9 Å². The third-order valence-electron chi connectivity index (χ3n) is 6.19. The Morgan fingerprint density at radius 1 is 1.00 bits per heavy atom. The molecule has 0 bridgehead atoms. The van der Waals surface area contributed by atoms with E-state index < -0.39 is 0 Å². The van der Waals surface area contributed by atoms with Crippen LogP contribution in [-0.2, 0) is 25.5 Å². The van der Waals surface area contributed by atoms with Gasteiger partial charge in [0.25, 0.3) is 5.91 Å². The van der Waals surface area contributed by atoms with Crippen molar-refractivity contribution in [1.82, 2.24) is 14.7 Å². The predicted molar refractivity (Wildman–Crippen MR) is 107 cm³/mol. The zero-order valence-electron chi connectivity index (χ0n) is 16.8. The summed E-state index contributed by atoms with van der Waals surface area (Å²) in [5, 5.41) is 0. The van der Waals surface area contributed by atoms with E-state index in [1.165, 1.54) is 5.56 Å². The summed E-state index contributed by atoms with van der Waals surface area (Å²) in [6.07, 6.45) is 2.52. The van der Waals surface area contributed by atoms with Gasteiger partial charge in [-0.25, -0.2) is 0 Å². The molecule has 0 N–H and O–H groups in total. The number of ether oxygens (including phenoxy) is 1. The Morgan fingerprint density at radius 3 is 2.34 bits per heavy atom. The lowest BCUT2D eigenvalue weighted by Gasteiger charge is -2.36. The number of hydrogen-bond acceptors (Lipinski definition) is 4. The lowest BCUT2D eigenvalue weighted by molar-refractivity contribution is -0.147. The lowest BCUT2D eigenvalue weighted by atomic mass is 10.1. The smallest absolute Gasteiger partial charge is 0.251 e. The highest BCUT2D eigenvalue weighted by Gasteiger charge is 2.38. The van der Waals surface area contributed by atoms with E-state index in [2.05, 4.69) is 12.1 Å². The zero-order valence-corrected chi connectivity index (χ0v) is 16.8. The molecule has 3 heterocycles. The summed E-state index contributed by atoms with van der Waals surface area (Å²) in [5.74, 6) is -0.104. The fourth-order valence-electron chi connectivity index (χ4n) is 4.44. The summed E-state index contributed by atoms with van der Waals surface area (Å²) in [4.78, 5) is 43.2. The Kier molecular flexibility index (Phi) is 6.13. The van der Waals surface area contributed by atoms with Crippen molar-refractivity contribution < 1.29 is 19.1 Å². The Hall–Kier alpha value is -2.41. The highest BCUT2D eigenvalue weighted by atomic mass is 16.5. The normalized spacial score (nSPS) is 25.0. The van der Waals surface area contributed by atoms with Crippen molar-refractivity contribution >= 4 is 17.7 Å². The van der Waals surface area contributed by atoms with Gasteiger partial charge in [-0.05, 0) is 24.8 Å². The van der Waals surface area contributed by atoms with Crippen molar-refractivity contribution in [1.29, 1.82) is 0 Å². The molecule has 0 radical (unpaired) electrons. The topological polar surface area (TPSA) is 70.2 Å². The molecular formula is C22H29N3O4. The first-order valence-electron chi connectivity index (χ1n) is 10.6. The predicted octanol–water partition coefficient (Wildman–Crippen LogP) is 0.927. The van der Waals surface area contributed by atoms with Crippen LogP contribution in [0.1, 0.15) is 24.8 Å². The molecule has 3 aliphatic heterocycles. The summed E-state index contributed by atoms with van der Waals surface area (Å²) in [6, 6.07) is 10.1. The van der Waals surface area contributed by atoms with Crippen LogP contribution in [0.3, 0.4) is 0 Å². The van der Waals surface area contributed by atoms with Crippen LogP contribution in [0.25, 0.3) is 0 Å². The molecule has 3 saturated heterocycles. The molecule has 29 heavy (non-hydrogen) atoms. The van der Waals surface area contributed by atoms with Gasteiger partial charge in [-0.1, -0.05) is 30.3 Å². The molecule has 1 aromatic rings. The number of hydrogen-bond donors (Lipinski definition) is 0. The van der Waals surface area contributed by atoms with E-state index in [0.29, 0.717) is 52.3 Å². The van der Waals surface area contributed by atoms with Crippen molar-refractivity contribution in [2.24, 2.45) is 5.92 Å². The first kappa shape index (κ1) is 19.9. The fourth-order valence-corrected chi connectivity index (χ4v) is 4.44. The number of benzene rings is 1. The Bertz CT molecular complexity index is 740. The average molecular weight is 399 g/mol. The summed E-state index contributed by atoms with van der Waals surface area (Å²) < 4.78 is 5.49. The van der Waals surface area contributed by atoms with Crippen LogP contribution < -0.4 is 0 Å². The number of piperazine rings is 1. The van der Waals surface area contributed by atoms with Crippen molar-refractivity contribution in [3.8, 4) is 0 Å². The Balaban J connectivity index is 1.25. The summed E-state index contributed by atoms with van der Waals surface area (Å²) in [5.41, 5.74) is 1.20. The number of rotatable bonds is 5. The molecule has 0 aromatic heterocycles. The van der Waals surface area contributed by atoms with Crippen LogP contribution in [0, 0.1) is 5.92 Å². The third kappa shape index (κ3) is 4.61. The van der Waals surface area contributed by atoms with E-state index >= 15 is 0 Å². The highest BCUT2D eigenvalue weighted by Crippen LogP contribution is 2.22. The molecule has 0 spiro atoms. The molecule has 0 saturated carbocycles. The minimum Gasteiger partial charge on any atom is -0.368 e. The molecule has 0 unspecified atom stereocenters. The van der Waals surface area contributed by atoms with Gasteiger partial charge in [0.1, 0.15) is 6.10 Å². The van der Waals surface area contributed by atoms with Gasteiger partial charge in [-0.15, -0.1) is 0 Å². The summed E-state index contributed by atoms with van der Waals surface area (Å²) >= 11 is 0. The first-order chi connectivity index (χ1) is 14.1. The molecule has 4 rings (SSSR count). The molecule has 3 fully saturated rings. The van der Waals surface area contributed by atoms with Crippen LogP contribution in [-0.4, -0.2) is 84.4 Å². The van der Waals surface area contributed by atoms with Crippen LogP contribution >= 0.6 is 0 Å². The fraction of sp³-hybridized carbons (Fsp3) is 0.591. The number of nitrogens with zero attached hydrogens (tertiary/aromatic N) is 3. The molecule has 2 atom stereocenters. The van der Waals surface area contributed by atoms with Crippen LogP contribution in [0.2, 0.25) is 0 Å². The standard InChI is InChI=1S/C22H29N3O4/c26-20-15-18(16-25(20)9-8-17-5-2-1-3-6-17)21(27)23-10-12-24(13-11-23)22(28)19-7-4-14-29-19/h1-3,5-6,18-19H,4,7-16H2/t18-,19-/m0/s1. The molecular weight excluding hydrogens is 370 g/mol. The quantitative estimate of drug-likeness (QED) is 0.739. The van der Waals surface area contributed by atoms with Crippen LogP contribution in [0.5, 0.6) is 0 Å². The van der Waals surface area contributed by atoms with Gasteiger partial charge in [0.05, 0.1) is 5.92 Å². The van der Waals surface area contributed by atoms with Gasteiger partial charge in [-0.2, -0.15) is 0 Å². The van der Waals surface area contributed by atoms with Gasteiger partial charge in [-0.3, -0.25) is 14.4 Å². The molecule has 0 aliphatic carbocycles. The number of carbonyl (C=O) groups is 3. The van der Waals surface area contributed by atoms with E-state index in [0.717, 1.165) is 19.3 Å². The average Bonchev–Trinajstić information content (AvgIpc) is 3.42. The van der Waals surface area contributed by atoms with Gasteiger partial charge in [0.15, 0.2) is 0 Å². The van der Waals surface area contributed by atoms with Crippen molar-refractivity contribution in [2.75, 3.05) is 45.9 Å². The highest BCUT2D eigenvalue weighted by molar-refractivity contribution is 5.89. The Morgan fingerprint density at radius 2 is 1.69 bits per heavy atom. The van der Waals surface area contributed by atoms with E-state index in [-0.39, 0.29) is 29.7 Å². The lowest BCUT2D eigenvalue weighted by Crippen LogP contribution is -2.54. The molecule has 7 nitrogen and oxygen atoms in total. The SMILES string of the molecule is O=C1C[C@H](C(=O)N2CCN(C(=O)[C@@H]3CCCO3)CC2)CN1CCc1ccccc1. The Labute approximate surface area is 171 Å². The second-order valence-corrected chi connectivity index (χ2v) is 8.13. The zero-order chi connectivity index (χ0) is 20.2. The first-order valence-corrected chi connectivity index (χ1v) is 10.6. The van der Waals surface area contributed by atoms with Crippen LogP contribution in [0.15, 0.2) is 30.3 Å². The molecule has 3 amide bonds. The van der Waals surface area contributed by atoms with E-state index in [4.69, 9.17) is 4.74 Å². The summed E-state index contributed by atoms with van der Waals surface area (Å²) in [7, 11) is 0. The van der Waals surface area contributed by atoms with E-state index in [1.807, 2.05) is 32.9 Å². The maximum absolute atomic E-state index is 12.9. The number of likely N-dealkylation sites (tertiary alicyclic amines) is 1. The second kappa shape index (κ2) is 8.95. The maximum Gasteiger partial charge on any atom is 0.251 e. The minimum absolute atomic E-state index is 0.0461. The molecule has 1 aromatic carbocycles. The van der Waals surface area contributed by atoms with E-state index in [9.17, 15) is 14.4 Å². The van der Waals surface area contributed by atoms with Crippen LogP contribution in [0.4, 0.5) is 0 Å². The van der Waals surface area contributed by atoms with E-state index in [1.54, 1.807) is 0 Å². The molecule has 3 aliphatic rings. The van der Waals surface area contributed by atoms with Gasteiger partial charge in [0, 0.05) is 52.3 Å². The maximum atomic E-state index is 12.9. The van der Waals surface area contributed by atoms with Gasteiger partial charge >= 0.3 is 0 Å². The number of amides is 3. The number of carbonyl (C=O) groups excluding carboxylic acids is 3. The monoisotopic (exact) mass is 399 g/mol.